The monoisotopic (exact) mass is 601 g/mol. The van der Waals surface area contributed by atoms with E-state index in [9.17, 15) is 10.1 Å². The summed E-state index contributed by atoms with van der Waals surface area (Å²) >= 11 is 1.27. The summed E-state index contributed by atoms with van der Waals surface area (Å²) in [4.78, 5) is 18.4. The molecule has 1 N–H and O–H groups in total. The Bertz CT molecular complexity index is 1770. The average Bonchev–Trinajstić information content (AvgIpc) is 3.08. The lowest BCUT2D eigenvalue weighted by atomic mass is 9.98. The second kappa shape index (κ2) is 14.3. The Morgan fingerprint density at radius 3 is 2.14 bits per heavy atom. The van der Waals surface area contributed by atoms with Crippen molar-refractivity contribution in [2.24, 2.45) is 0 Å². The van der Waals surface area contributed by atoms with E-state index in [0.29, 0.717) is 56.8 Å². The van der Waals surface area contributed by atoms with Crippen molar-refractivity contribution in [3.63, 3.8) is 0 Å². The minimum absolute atomic E-state index is 0.189. The predicted octanol–water partition coefficient (Wildman–Crippen LogP) is 8.61. The molecule has 0 bridgehead atoms. The summed E-state index contributed by atoms with van der Waals surface area (Å²) in [5.74, 6) is 2.43. The zero-order valence-corrected chi connectivity index (χ0v) is 25.4. The number of para-hydroxylation sites is 1. The molecular formula is C36H31N3O4S. The highest BCUT2D eigenvalue weighted by atomic mass is 32.2. The van der Waals surface area contributed by atoms with E-state index in [4.69, 9.17) is 19.2 Å². The number of amides is 1. The van der Waals surface area contributed by atoms with E-state index in [-0.39, 0.29) is 5.91 Å². The molecule has 1 atom stereocenters. The van der Waals surface area contributed by atoms with Gasteiger partial charge in [-0.05, 0) is 67.1 Å². The zero-order chi connectivity index (χ0) is 30.9. The van der Waals surface area contributed by atoms with Crippen LogP contribution in [0, 0.1) is 11.3 Å². The first-order valence-corrected chi connectivity index (χ1v) is 14.9. The smallest absolute Gasteiger partial charge is 0.237 e. The van der Waals surface area contributed by atoms with Gasteiger partial charge >= 0.3 is 0 Å². The number of benzene rings is 4. The van der Waals surface area contributed by atoms with Crippen molar-refractivity contribution >= 4 is 23.4 Å². The van der Waals surface area contributed by atoms with Gasteiger partial charge in [-0.2, -0.15) is 5.26 Å². The highest BCUT2D eigenvalue weighted by Gasteiger charge is 2.25. The third-order valence-electron chi connectivity index (χ3n) is 6.88. The molecule has 0 aliphatic carbocycles. The van der Waals surface area contributed by atoms with Gasteiger partial charge in [0.2, 0.25) is 5.91 Å². The van der Waals surface area contributed by atoms with E-state index in [2.05, 4.69) is 11.4 Å². The molecule has 5 aromatic rings. The van der Waals surface area contributed by atoms with Crippen LogP contribution in [0.4, 0.5) is 5.69 Å². The molecular weight excluding hydrogens is 570 g/mol. The first-order chi connectivity index (χ1) is 21.5. The number of nitrogens with one attached hydrogen (secondary N) is 1. The number of ether oxygens (including phenoxy) is 3. The molecule has 8 heteroatoms. The van der Waals surface area contributed by atoms with Crippen LogP contribution in [0.1, 0.15) is 18.9 Å². The Morgan fingerprint density at radius 2 is 1.50 bits per heavy atom. The van der Waals surface area contributed by atoms with Gasteiger partial charge in [0.1, 0.15) is 34.1 Å². The minimum Gasteiger partial charge on any atom is -0.497 e. The van der Waals surface area contributed by atoms with Crippen LogP contribution in [0.15, 0.2) is 114 Å². The fraction of sp³-hybridized carbons (Fsp3) is 0.139. The predicted molar refractivity (Wildman–Crippen MR) is 174 cm³/mol. The van der Waals surface area contributed by atoms with Crippen molar-refractivity contribution in [1.82, 2.24) is 4.98 Å². The number of rotatable bonds is 11. The van der Waals surface area contributed by atoms with Crippen molar-refractivity contribution in [2.45, 2.75) is 23.6 Å². The highest BCUT2D eigenvalue weighted by molar-refractivity contribution is 8.00. The van der Waals surface area contributed by atoms with E-state index in [0.717, 1.165) is 11.3 Å². The van der Waals surface area contributed by atoms with Gasteiger partial charge in [0.15, 0.2) is 0 Å². The molecule has 7 nitrogen and oxygen atoms in total. The van der Waals surface area contributed by atoms with E-state index in [1.165, 1.54) is 11.8 Å². The standard InChI is InChI=1S/C36H31N3O4S/c1-4-34(35(40)38-25-15-17-27(18-16-25)43-26-13-9-6-10-14-26)44-36-31(23-37)29(22-32(39-36)24-11-7-5-8-12-24)30-21-28(41-2)19-20-33(30)42-3/h5-22,34H,4H2,1-3H3,(H,38,40). The van der Waals surface area contributed by atoms with Crippen molar-refractivity contribution in [1.29, 1.82) is 5.26 Å². The van der Waals surface area contributed by atoms with Crippen LogP contribution >= 0.6 is 11.8 Å². The van der Waals surface area contributed by atoms with Crippen LogP contribution in [0.5, 0.6) is 23.0 Å². The molecule has 1 heterocycles. The number of thioether (sulfide) groups is 1. The van der Waals surface area contributed by atoms with Gasteiger partial charge in [0.25, 0.3) is 0 Å². The van der Waals surface area contributed by atoms with E-state index < -0.39 is 5.25 Å². The summed E-state index contributed by atoms with van der Waals surface area (Å²) < 4.78 is 17.0. The number of pyridine rings is 1. The lowest BCUT2D eigenvalue weighted by Crippen LogP contribution is -2.24. The fourth-order valence-electron chi connectivity index (χ4n) is 4.62. The van der Waals surface area contributed by atoms with E-state index in [1.54, 1.807) is 32.4 Å². The van der Waals surface area contributed by atoms with Crippen LogP contribution in [0.2, 0.25) is 0 Å². The van der Waals surface area contributed by atoms with Crippen molar-refractivity contribution in [3.8, 4) is 51.5 Å². The molecule has 0 aliphatic rings. The van der Waals surface area contributed by atoms with Gasteiger partial charge in [0.05, 0.1) is 30.7 Å². The number of nitrogens with zero attached hydrogens (tertiary/aromatic N) is 2. The average molecular weight is 602 g/mol. The van der Waals surface area contributed by atoms with Crippen LogP contribution in [-0.2, 0) is 4.79 Å². The Labute approximate surface area is 261 Å². The number of methoxy groups -OCH3 is 2. The SMILES string of the molecule is CCC(Sc1nc(-c2ccccc2)cc(-c2cc(OC)ccc2OC)c1C#N)C(=O)Nc1ccc(Oc2ccccc2)cc1. The zero-order valence-electron chi connectivity index (χ0n) is 24.6. The van der Waals surface area contributed by atoms with E-state index >= 15 is 0 Å². The summed E-state index contributed by atoms with van der Waals surface area (Å²) in [7, 11) is 3.18. The van der Waals surface area contributed by atoms with Crippen LogP contribution in [0.25, 0.3) is 22.4 Å². The van der Waals surface area contributed by atoms with Crippen LogP contribution in [0.3, 0.4) is 0 Å². The number of hydrogen-bond donors (Lipinski definition) is 1. The van der Waals surface area contributed by atoms with Crippen molar-refractivity contribution in [3.05, 3.63) is 115 Å². The number of aromatic nitrogens is 1. The van der Waals surface area contributed by atoms with Crippen LogP contribution in [-0.4, -0.2) is 30.4 Å². The van der Waals surface area contributed by atoms with E-state index in [1.807, 2.05) is 97.9 Å². The number of anilines is 1. The van der Waals surface area contributed by atoms with Gasteiger partial charge < -0.3 is 19.5 Å². The fourth-order valence-corrected chi connectivity index (χ4v) is 5.65. The Hall–Kier alpha value is -5.26. The Balaban J connectivity index is 1.46. The third kappa shape index (κ3) is 7.02. The topological polar surface area (TPSA) is 93.5 Å². The summed E-state index contributed by atoms with van der Waals surface area (Å²) in [5.41, 5.74) is 3.90. The Morgan fingerprint density at radius 1 is 0.841 bits per heavy atom. The molecule has 220 valence electrons. The molecule has 44 heavy (non-hydrogen) atoms. The molecule has 0 saturated carbocycles. The second-order valence-electron chi connectivity index (χ2n) is 9.72. The Kier molecular flexibility index (Phi) is 9.80. The number of hydrogen-bond acceptors (Lipinski definition) is 7. The molecule has 0 fully saturated rings. The van der Waals surface area contributed by atoms with Gasteiger partial charge in [-0.3, -0.25) is 4.79 Å². The molecule has 1 unspecified atom stereocenters. The molecule has 0 radical (unpaired) electrons. The first kappa shape index (κ1) is 30.2. The summed E-state index contributed by atoms with van der Waals surface area (Å²) in [6.07, 6.45) is 0.519. The lowest BCUT2D eigenvalue weighted by molar-refractivity contribution is -0.115. The van der Waals surface area contributed by atoms with Gasteiger partial charge in [-0.25, -0.2) is 4.98 Å². The first-order valence-electron chi connectivity index (χ1n) is 14.1. The molecule has 1 amide bonds. The number of carbonyl (C=O) groups excluding carboxylic acids is 1. The second-order valence-corrected chi connectivity index (χ2v) is 10.9. The molecule has 0 saturated heterocycles. The summed E-state index contributed by atoms with van der Waals surface area (Å²) in [5, 5.41) is 13.4. The maximum absolute atomic E-state index is 13.5. The number of carbonyl (C=O) groups is 1. The molecule has 0 aliphatic heterocycles. The van der Waals surface area contributed by atoms with Gasteiger partial charge in [0, 0.05) is 22.4 Å². The summed E-state index contributed by atoms with van der Waals surface area (Å²) in [6, 6.07) is 36.1. The lowest BCUT2D eigenvalue weighted by Gasteiger charge is -2.18. The van der Waals surface area contributed by atoms with Crippen molar-refractivity contribution < 1.29 is 19.0 Å². The normalized spacial score (nSPS) is 11.2. The molecule has 1 aromatic heterocycles. The third-order valence-corrected chi connectivity index (χ3v) is 8.23. The van der Waals surface area contributed by atoms with Gasteiger partial charge in [-0.15, -0.1) is 0 Å². The number of nitriles is 1. The van der Waals surface area contributed by atoms with Crippen LogP contribution < -0.4 is 19.5 Å². The molecule has 0 spiro atoms. The summed E-state index contributed by atoms with van der Waals surface area (Å²) in [6.45, 7) is 1.94. The maximum atomic E-state index is 13.5. The van der Waals surface area contributed by atoms with Crippen molar-refractivity contribution in [2.75, 3.05) is 19.5 Å². The molecule has 4 aromatic carbocycles. The highest BCUT2D eigenvalue weighted by Crippen LogP contribution is 2.41. The minimum atomic E-state index is -0.513. The molecule has 5 rings (SSSR count). The largest absolute Gasteiger partial charge is 0.497 e. The maximum Gasteiger partial charge on any atom is 0.237 e. The quantitative estimate of drug-likeness (QED) is 0.152. The van der Waals surface area contributed by atoms with Gasteiger partial charge in [-0.1, -0.05) is 67.2 Å².